The topological polar surface area (TPSA) is 66.2 Å². The van der Waals surface area contributed by atoms with Crippen molar-refractivity contribution in [2.24, 2.45) is 0 Å². The van der Waals surface area contributed by atoms with Crippen LogP contribution >= 0.6 is 0 Å². The van der Waals surface area contributed by atoms with E-state index in [1.165, 1.54) is 63.2 Å². The van der Waals surface area contributed by atoms with E-state index in [0.29, 0.717) is 6.42 Å². The fourth-order valence-electron chi connectivity index (χ4n) is 4.63. The van der Waals surface area contributed by atoms with E-state index in [1.807, 2.05) is 0 Å². The van der Waals surface area contributed by atoms with E-state index in [9.17, 15) is 0 Å². The predicted molar refractivity (Wildman–Crippen MR) is 145 cm³/mol. The maximum absolute atomic E-state index is 8.56. The number of nitrogens with zero attached hydrogens (tertiary/aromatic N) is 2. The molecule has 0 aliphatic heterocycles. The fourth-order valence-corrected chi connectivity index (χ4v) is 4.63. The van der Waals surface area contributed by atoms with Gasteiger partial charge < -0.3 is 10.2 Å². The van der Waals surface area contributed by atoms with Crippen molar-refractivity contribution in [2.75, 3.05) is 0 Å². The van der Waals surface area contributed by atoms with Crippen LogP contribution < -0.4 is 0 Å². The summed E-state index contributed by atoms with van der Waals surface area (Å²) in [4.78, 5) is 10.3. The molecule has 3 aromatic rings. The number of aromatic nitrogens is 2. The molecule has 0 fully saturated rings. The van der Waals surface area contributed by atoms with Crippen LogP contribution in [0.1, 0.15) is 77.9 Å². The first-order chi connectivity index (χ1) is 16.5. The Balaban J connectivity index is 0.000000503. The fraction of sp³-hybridized carbons (Fsp3) is 0.484. The molecule has 1 aliphatic carbocycles. The number of fused-ring (bicyclic) bond motifs is 1. The van der Waals surface area contributed by atoms with Crippen molar-refractivity contribution in [2.45, 2.75) is 99.7 Å². The largest absolute Gasteiger partial charge is 0.393 e. The van der Waals surface area contributed by atoms with Crippen LogP contribution in [-0.4, -0.2) is 32.4 Å². The van der Waals surface area contributed by atoms with Gasteiger partial charge in [-0.05, 0) is 89.0 Å². The van der Waals surface area contributed by atoms with Crippen molar-refractivity contribution in [1.82, 2.24) is 9.97 Å². The molecule has 4 nitrogen and oxygen atoms in total. The van der Waals surface area contributed by atoms with Gasteiger partial charge in [-0.15, -0.1) is 34.4 Å². The van der Waals surface area contributed by atoms with Crippen molar-refractivity contribution in [3.63, 3.8) is 0 Å². The first kappa shape index (κ1) is 30.3. The molecule has 197 valence electrons. The van der Waals surface area contributed by atoms with Crippen LogP contribution in [0.4, 0.5) is 0 Å². The Hall–Kier alpha value is -1.91. The minimum Gasteiger partial charge on any atom is -0.393 e. The average molecular weight is 666 g/mol. The van der Waals surface area contributed by atoms with Crippen LogP contribution in [0.5, 0.6) is 0 Å². The molecule has 1 heterocycles. The maximum atomic E-state index is 8.56. The summed E-state index contributed by atoms with van der Waals surface area (Å²) in [7, 11) is 0. The summed E-state index contributed by atoms with van der Waals surface area (Å²) in [5.41, 5.74) is 14.3. The molecule has 0 saturated carbocycles. The van der Waals surface area contributed by atoms with Crippen LogP contribution in [-0.2, 0) is 32.9 Å². The minimum absolute atomic E-state index is 0. The quantitative estimate of drug-likeness (QED) is 0.314. The second-order valence-electron chi connectivity index (χ2n) is 10.3. The SMILES string of the molecule is CC(O)CC(C)O.Cc1[c-]c(-c2nc3c(nc2-c2cc(C)c(C)c(C)c2)CCCC3)cc(C)c1C.[Ir]. The van der Waals surface area contributed by atoms with E-state index in [2.05, 4.69) is 65.8 Å². The summed E-state index contributed by atoms with van der Waals surface area (Å²) < 4.78 is 0. The van der Waals surface area contributed by atoms with Crippen molar-refractivity contribution in [1.29, 1.82) is 0 Å². The van der Waals surface area contributed by atoms with Gasteiger partial charge in [-0.1, -0.05) is 32.9 Å². The summed E-state index contributed by atoms with van der Waals surface area (Å²) in [6, 6.07) is 10.3. The van der Waals surface area contributed by atoms with E-state index in [1.54, 1.807) is 13.8 Å². The number of aryl methyl sites for hydroxylation is 6. The molecule has 5 heteroatoms. The number of aliphatic hydroxyl groups is 2. The number of aliphatic hydroxyl groups excluding tert-OH is 2. The zero-order chi connectivity index (χ0) is 25.9. The normalized spacial score (nSPS) is 14.2. The zero-order valence-corrected chi connectivity index (χ0v) is 25.4. The summed E-state index contributed by atoms with van der Waals surface area (Å²) in [5, 5.41) is 17.1. The molecule has 1 aliphatic rings. The van der Waals surface area contributed by atoms with Gasteiger partial charge in [-0.25, -0.2) is 0 Å². The van der Waals surface area contributed by atoms with Crippen molar-refractivity contribution < 1.29 is 30.3 Å². The number of hydrogen-bond acceptors (Lipinski definition) is 4. The molecular weight excluding hydrogens is 625 g/mol. The Kier molecular flexibility index (Phi) is 11.0. The van der Waals surface area contributed by atoms with E-state index in [-0.39, 0.29) is 32.3 Å². The van der Waals surface area contributed by atoms with Crippen LogP contribution in [0.2, 0.25) is 0 Å². The minimum atomic E-state index is -0.375. The standard InChI is InChI=1S/C26H29N2.C5H12O2.Ir/c1-15-11-21(12-16(2)19(15)5)25-26(22-13-17(3)20(6)18(4)14-22)28-24-10-8-7-9-23(24)27-25;1-4(6)3-5(2)7;/h11-13H,7-10H2,1-6H3;4-7H,3H2,1-2H3;/q-1;;. The van der Waals surface area contributed by atoms with Crippen LogP contribution in [0.15, 0.2) is 18.2 Å². The second-order valence-corrected chi connectivity index (χ2v) is 10.3. The molecule has 2 aromatic carbocycles. The smallest absolute Gasteiger partial charge is 0.0607 e. The van der Waals surface area contributed by atoms with Gasteiger partial charge in [-0.3, -0.25) is 9.97 Å². The first-order valence-corrected chi connectivity index (χ1v) is 12.8. The third kappa shape index (κ3) is 7.32. The summed E-state index contributed by atoms with van der Waals surface area (Å²) in [6.45, 7) is 16.3. The van der Waals surface area contributed by atoms with E-state index < -0.39 is 0 Å². The molecule has 1 aromatic heterocycles. The number of benzene rings is 2. The summed E-state index contributed by atoms with van der Waals surface area (Å²) in [6.07, 6.45) is 4.21. The van der Waals surface area contributed by atoms with Crippen LogP contribution in [0, 0.1) is 47.6 Å². The molecule has 2 N–H and O–H groups in total. The Bertz CT molecular complexity index is 1060. The molecule has 0 bridgehead atoms. The summed E-state index contributed by atoms with van der Waals surface area (Å²) >= 11 is 0. The van der Waals surface area contributed by atoms with Gasteiger partial charge in [0.05, 0.1) is 29.3 Å². The van der Waals surface area contributed by atoms with Gasteiger partial charge in [0, 0.05) is 25.8 Å². The molecular formula is C31H41IrN2O2-. The Labute approximate surface area is 231 Å². The van der Waals surface area contributed by atoms with Gasteiger partial charge >= 0.3 is 0 Å². The van der Waals surface area contributed by atoms with Gasteiger partial charge in [0.1, 0.15) is 0 Å². The van der Waals surface area contributed by atoms with Crippen molar-refractivity contribution in [3.05, 3.63) is 69.0 Å². The summed E-state index contributed by atoms with van der Waals surface area (Å²) in [5.74, 6) is 0. The van der Waals surface area contributed by atoms with Gasteiger partial charge in [0.2, 0.25) is 0 Å². The molecule has 0 saturated heterocycles. The maximum Gasteiger partial charge on any atom is 0.0607 e. The average Bonchev–Trinajstić information content (AvgIpc) is 2.79. The Morgan fingerprint density at radius 3 is 1.67 bits per heavy atom. The number of hydrogen-bond donors (Lipinski definition) is 2. The molecule has 0 amide bonds. The Morgan fingerprint density at radius 1 is 0.750 bits per heavy atom. The van der Waals surface area contributed by atoms with Crippen LogP contribution in [0.3, 0.4) is 0 Å². The third-order valence-corrected chi connectivity index (χ3v) is 7.10. The molecule has 36 heavy (non-hydrogen) atoms. The van der Waals surface area contributed by atoms with Gasteiger partial charge in [0.25, 0.3) is 0 Å². The van der Waals surface area contributed by atoms with E-state index >= 15 is 0 Å². The molecule has 2 atom stereocenters. The Morgan fingerprint density at radius 2 is 1.22 bits per heavy atom. The van der Waals surface area contributed by atoms with Gasteiger partial charge in [-0.2, -0.15) is 0 Å². The monoisotopic (exact) mass is 666 g/mol. The molecule has 1 radical (unpaired) electrons. The van der Waals surface area contributed by atoms with E-state index in [4.69, 9.17) is 20.2 Å². The first-order valence-electron chi connectivity index (χ1n) is 12.8. The third-order valence-electron chi connectivity index (χ3n) is 7.10. The van der Waals surface area contributed by atoms with Crippen molar-refractivity contribution in [3.8, 4) is 22.5 Å². The van der Waals surface area contributed by atoms with E-state index in [0.717, 1.165) is 29.8 Å². The van der Waals surface area contributed by atoms with Crippen molar-refractivity contribution >= 4 is 0 Å². The van der Waals surface area contributed by atoms with Crippen LogP contribution in [0.25, 0.3) is 22.5 Å². The second kappa shape index (κ2) is 13.1. The molecule has 2 unspecified atom stereocenters. The molecule has 0 spiro atoms. The zero-order valence-electron chi connectivity index (χ0n) is 23.0. The predicted octanol–water partition coefficient (Wildman–Crippen LogP) is 6.48. The van der Waals surface area contributed by atoms with Gasteiger partial charge in [0.15, 0.2) is 0 Å². The molecule has 4 rings (SSSR count). The number of rotatable bonds is 4.